The Morgan fingerprint density at radius 3 is 2.80 bits per heavy atom. The van der Waals surface area contributed by atoms with Crippen LogP contribution in [-0.4, -0.2) is 7.11 Å². The first-order chi connectivity index (χ1) is 9.78. The number of hydrogen-bond acceptors (Lipinski definition) is 4. The van der Waals surface area contributed by atoms with Crippen LogP contribution in [0.15, 0.2) is 47.8 Å². The highest BCUT2D eigenvalue weighted by molar-refractivity contribution is 7.17. The molecule has 3 nitrogen and oxygen atoms in total. The van der Waals surface area contributed by atoms with Crippen molar-refractivity contribution in [3.63, 3.8) is 0 Å². The van der Waals surface area contributed by atoms with Gasteiger partial charge >= 0.3 is 0 Å². The Bertz CT molecular complexity index is 736. The Morgan fingerprint density at radius 2 is 2.00 bits per heavy atom. The number of methoxy groups -OCH3 is 1. The highest BCUT2D eigenvalue weighted by Crippen LogP contribution is 2.30. The number of benzene rings is 2. The zero-order valence-electron chi connectivity index (χ0n) is 11.1. The second kappa shape index (κ2) is 5.43. The highest BCUT2D eigenvalue weighted by Gasteiger charge is 2.06. The quantitative estimate of drug-likeness (QED) is 0.735. The van der Waals surface area contributed by atoms with Gasteiger partial charge in [-0.3, -0.25) is 0 Å². The van der Waals surface area contributed by atoms with E-state index >= 15 is 0 Å². The number of thiophene rings is 1. The summed E-state index contributed by atoms with van der Waals surface area (Å²) in [5.41, 5.74) is 7.71. The van der Waals surface area contributed by atoms with Gasteiger partial charge in [0.15, 0.2) is 0 Å². The lowest BCUT2D eigenvalue weighted by Crippen LogP contribution is -1.98. The Kier molecular flexibility index (Phi) is 3.48. The summed E-state index contributed by atoms with van der Waals surface area (Å²) in [5, 5.41) is 3.37. The molecule has 1 heterocycles. The number of anilines is 1. The molecule has 3 aromatic rings. The number of nitrogens with two attached hydrogens (primary N) is 1. The van der Waals surface area contributed by atoms with Crippen molar-refractivity contribution in [1.82, 2.24) is 0 Å². The van der Waals surface area contributed by atoms with E-state index in [0.717, 1.165) is 5.75 Å². The maximum absolute atomic E-state index is 5.95. The molecule has 1 aromatic heterocycles. The standard InChI is InChI=1S/C16H15NO2S/c1-18-12-6-7-15(14(17)8-12)19-9-11-10-20-16-5-3-2-4-13(11)16/h2-8,10H,9,17H2,1H3. The number of fused-ring (bicyclic) bond motifs is 1. The first-order valence-corrected chi connectivity index (χ1v) is 7.17. The predicted octanol–water partition coefficient (Wildman–Crippen LogP) is 4.07. The molecule has 2 aromatic carbocycles. The molecule has 3 rings (SSSR count). The number of rotatable bonds is 4. The Labute approximate surface area is 121 Å². The summed E-state index contributed by atoms with van der Waals surface area (Å²) in [4.78, 5) is 0. The fourth-order valence-corrected chi connectivity index (χ4v) is 3.03. The second-order valence-electron chi connectivity index (χ2n) is 4.45. The topological polar surface area (TPSA) is 44.5 Å². The third-order valence-electron chi connectivity index (χ3n) is 3.16. The minimum Gasteiger partial charge on any atom is -0.497 e. The summed E-state index contributed by atoms with van der Waals surface area (Å²) in [5.74, 6) is 1.41. The Morgan fingerprint density at radius 1 is 1.15 bits per heavy atom. The van der Waals surface area contributed by atoms with Crippen LogP contribution in [0.2, 0.25) is 0 Å². The third-order valence-corrected chi connectivity index (χ3v) is 4.17. The van der Waals surface area contributed by atoms with Gasteiger partial charge in [0.05, 0.1) is 12.8 Å². The molecule has 0 atom stereocenters. The maximum Gasteiger partial charge on any atom is 0.142 e. The Balaban J connectivity index is 1.79. The van der Waals surface area contributed by atoms with Crippen LogP contribution in [0.5, 0.6) is 11.5 Å². The van der Waals surface area contributed by atoms with E-state index in [1.54, 1.807) is 24.5 Å². The van der Waals surface area contributed by atoms with Gasteiger partial charge in [0, 0.05) is 16.3 Å². The molecule has 20 heavy (non-hydrogen) atoms. The van der Waals surface area contributed by atoms with Crippen molar-refractivity contribution in [1.29, 1.82) is 0 Å². The fourth-order valence-electron chi connectivity index (χ4n) is 2.09. The van der Waals surface area contributed by atoms with E-state index in [9.17, 15) is 0 Å². The van der Waals surface area contributed by atoms with E-state index in [1.165, 1.54) is 15.6 Å². The van der Waals surface area contributed by atoms with Gasteiger partial charge in [-0.05, 0) is 29.0 Å². The van der Waals surface area contributed by atoms with Crippen molar-refractivity contribution < 1.29 is 9.47 Å². The molecule has 4 heteroatoms. The van der Waals surface area contributed by atoms with Gasteiger partial charge in [-0.2, -0.15) is 0 Å². The predicted molar refractivity (Wildman–Crippen MR) is 83.6 cm³/mol. The first-order valence-electron chi connectivity index (χ1n) is 6.29. The average molecular weight is 285 g/mol. The summed E-state index contributed by atoms with van der Waals surface area (Å²) in [7, 11) is 1.62. The molecule has 0 radical (unpaired) electrons. The van der Waals surface area contributed by atoms with Gasteiger partial charge < -0.3 is 15.2 Å². The van der Waals surface area contributed by atoms with Gasteiger partial charge in [-0.1, -0.05) is 18.2 Å². The first kappa shape index (κ1) is 12.8. The number of ether oxygens (including phenoxy) is 2. The molecule has 0 aliphatic heterocycles. The minimum absolute atomic E-state index is 0.514. The van der Waals surface area contributed by atoms with E-state index in [2.05, 4.69) is 17.5 Å². The molecule has 0 bridgehead atoms. The average Bonchev–Trinajstić information content (AvgIpc) is 2.89. The van der Waals surface area contributed by atoms with Crippen molar-refractivity contribution in [2.45, 2.75) is 6.61 Å². The molecule has 0 fully saturated rings. The van der Waals surface area contributed by atoms with Crippen molar-refractivity contribution in [3.05, 3.63) is 53.4 Å². The van der Waals surface area contributed by atoms with Gasteiger partial charge in [-0.25, -0.2) is 0 Å². The summed E-state index contributed by atoms with van der Waals surface area (Å²) in [6.45, 7) is 0.514. The summed E-state index contributed by atoms with van der Waals surface area (Å²) < 4.78 is 12.2. The summed E-state index contributed by atoms with van der Waals surface area (Å²) in [6, 6.07) is 13.8. The molecule has 0 unspecified atom stereocenters. The lowest BCUT2D eigenvalue weighted by atomic mass is 10.2. The fraction of sp³-hybridized carbons (Fsp3) is 0.125. The normalized spacial score (nSPS) is 10.7. The molecule has 102 valence electrons. The van der Waals surface area contributed by atoms with E-state index in [1.807, 2.05) is 24.3 Å². The Hall–Kier alpha value is -2.20. The lowest BCUT2D eigenvalue weighted by molar-refractivity contribution is 0.309. The molecular formula is C16H15NO2S. The summed E-state index contributed by atoms with van der Waals surface area (Å²) >= 11 is 1.73. The van der Waals surface area contributed by atoms with Gasteiger partial charge in [0.2, 0.25) is 0 Å². The lowest BCUT2D eigenvalue weighted by Gasteiger charge is -2.09. The molecule has 2 N–H and O–H groups in total. The number of nitrogen functional groups attached to an aromatic ring is 1. The SMILES string of the molecule is COc1ccc(OCc2csc3ccccc23)c(N)c1. The van der Waals surface area contributed by atoms with Crippen molar-refractivity contribution in [2.24, 2.45) is 0 Å². The van der Waals surface area contributed by atoms with Crippen LogP contribution in [0.4, 0.5) is 5.69 Å². The second-order valence-corrected chi connectivity index (χ2v) is 5.36. The van der Waals surface area contributed by atoms with Crippen LogP contribution in [0.3, 0.4) is 0 Å². The summed E-state index contributed by atoms with van der Waals surface area (Å²) in [6.07, 6.45) is 0. The molecule has 0 aliphatic rings. The van der Waals surface area contributed by atoms with E-state index in [4.69, 9.17) is 15.2 Å². The number of hydrogen-bond donors (Lipinski definition) is 1. The van der Waals surface area contributed by atoms with Crippen LogP contribution < -0.4 is 15.2 Å². The van der Waals surface area contributed by atoms with Gasteiger partial charge in [0.25, 0.3) is 0 Å². The highest BCUT2D eigenvalue weighted by atomic mass is 32.1. The molecule has 0 aliphatic carbocycles. The molecule has 0 saturated carbocycles. The molecule has 0 amide bonds. The zero-order chi connectivity index (χ0) is 13.9. The van der Waals surface area contributed by atoms with Crippen molar-refractivity contribution in [2.75, 3.05) is 12.8 Å². The zero-order valence-corrected chi connectivity index (χ0v) is 11.9. The molecule has 0 saturated heterocycles. The third kappa shape index (κ3) is 2.42. The van der Waals surface area contributed by atoms with Gasteiger partial charge in [-0.15, -0.1) is 11.3 Å². The van der Waals surface area contributed by atoms with Crippen molar-refractivity contribution >= 4 is 27.1 Å². The smallest absolute Gasteiger partial charge is 0.142 e. The van der Waals surface area contributed by atoms with Crippen LogP contribution in [-0.2, 0) is 6.61 Å². The molecular weight excluding hydrogens is 270 g/mol. The monoisotopic (exact) mass is 285 g/mol. The van der Waals surface area contributed by atoms with Gasteiger partial charge in [0.1, 0.15) is 18.1 Å². The molecule has 0 spiro atoms. The largest absolute Gasteiger partial charge is 0.497 e. The van der Waals surface area contributed by atoms with E-state index < -0.39 is 0 Å². The van der Waals surface area contributed by atoms with E-state index in [0.29, 0.717) is 18.0 Å². The van der Waals surface area contributed by atoms with Crippen molar-refractivity contribution in [3.8, 4) is 11.5 Å². The van der Waals surface area contributed by atoms with Crippen LogP contribution in [0.1, 0.15) is 5.56 Å². The van der Waals surface area contributed by atoms with Crippen LogP contribution in [0.25, 0.3) is 10.1 Å². The van der Waals surface area contributed by atoms with Crippen LogP contribution in [0, 0.1) is 0 Å². The minimum atomic E-state index is 0.514. The maximum atomic E-state index is 5.95. The van der Waals surface area contributed by atoms with E-state index in [-0.39, 0.29) is 0 Å². The van der Waals surface area contributed by atoms with Crippen LogP contribution >= 0.6 is 11.3 Å².